The van der Waals surface area contributed by atoms with Gasteiger partial charge in [-0.2, -0.15) is 0 Å². The summed E-state index contributed by atoms with van der Waals surface area (Å²) in [5, 5.41) is 36.6. The van der Waals surface area contributed by atoms with Crippen LogP contribution in [-0.4, -0.2) is 93.6 Å². The Morgan fingerprint density at radius 3 is 1.84 bits per heavy atom. The molecule has 1 aliphatic heterocycles. The van der Waals surface area contributed by atoms with E-state index in [0.29, 0.717) is 0 Å². The Hall–Kier alpha value is -4.10. The number of carbonyl (C=O) groups excluding carboxylic acids is 4. The van der Waals surface area contributed by atoms with Crippen LogP contribution in [0.5, 0.6) is 0 Å². The van der Waals surface area contributed by atoms with E-state index in [1.165, 1.54) is 27.7 Å². The van der Waals surface area contributed by atoms with Crippen molar-refractivity contribution in [2.24, 2.45) is 16.7 Å². The fraction of sp³-hybridized carbons (Fsp3) is 0.526. The minimum atomic E-state index is -1.84. The summed E-state index contributed by atoms with van der Waals surface area (Å²) < 4.78 is 31.0. The van der Waals surface area contributed by atoms with Crippen LogP contribution in [0.4, 0.5) is 0 Å². The monoisotopic (exact) mass is 692 g/mol. The van der Waals surface area contributed by atoms with Crippen molar-refractivity contribution >= 4 is 23.9 Å². The van der Waals surface area contributed by atoms with Gasteiger partial charge in [0.2, 0.25) is 0 Å². The number of benzene rings is 2. The zero-order valence-corrected chi connectivity index (χ0v) is 29.0. The van der Waals surface area contributed by atoms with Crippen molar-refractivity contribution in [2.45, 2.75) is 102 Å². The predicted molar refractivity (Wildman–Crippen MR) is 175 cm³/mol. The molecule has 0 bridgehead atoms. The first kappa shape index (κ1) is 35.7. The summed E-state index contributed by atoms with van der Waals surface area (Å²) in [4.78, 5) is 53.9. The molecule has 0 spiro atoms. The van der Waals surface area contributed by atoms with Gasteiger partial charge in [-0.1, -0.05) is 43.3 Å². The van der Waals surface area contributed by atoms with E-state index in [-0.39, 0.29) is 41.7 Å². The Bertz CT molecular complexity index is 1700. The van der Waals surface area contributed by atoms with Crippen LogP contribution in [0.15, 0.2) is 71.8 Å². The zero-order chi connectivity index (χ0) is 36.4. The fourth-order valence-corrected chi connectivity index (χ4v) is 9.29. The lowest BCUT2D eigenvalue weighted by atomic mass is 9.49. The van der Waals surface area contributed by atoms with Crippen molar-refractivity contribution in [3.8, 4) is 0 Å². The van der Waals surface area contributed by atoms with Crippen molar-refractivity contribution in [1.82, 2.24) is 0 Å². The molecule has 0 amide bonds. The number of rotatable bonds is 7. The highest BCUT2D eigenvalue weighted by atomic mass is 16.6. The van der Waals surface area contributed by atoms with Crippen LogP contribution in [0, 0.1) is 16.7 Å². The van der Waals surface area contributed by atoms with Gasteiger partial charge in [0.1, 0.15) is 30.5 Å². The van der Waals surface area contributed by atoms with Gasteiger partial charge in [-0.3, -0.25) is 9.59 Å². The number of aliphatic hydroxyl groups is 3. The molecule has 3 N–H and O–H groups in total. The fourth-order valence-electron chi connectivity index (χ4n) is 9.29. The molecule has 6 rings (SSSR count). The highest BCUT2D eigenvalue weighted by Gasteiger charge is 2.80. The first-order chi connectivity index (χ1) is 23.5. The van der Waals surface area contributed by atoms with Crippen LogP contribution in [0.1, 0.15) is 75.1 Å². The molecule has 50 heavy (non-hydrogen) atoms. The van der Waals surface area contributed by atoms with Crippen molar-refractivity contribution < 1.29 is 58.2 Å². The maximum Gasteiger partial charge on any atom is 0.338 e. The maximum absolute atomic E-state index is 14.2. The quantitative estimate of drug-likeness (QED) is 0.220. The molecule has 0 aromatic heterocycles. The Labute approximate surface area is 290 Å². The summed E-state index contributed by atoms with van der Waals surface area (Å²) >= 11 is 0. The van der Waals surface area contributed by atoms with E-state index >= 15 is 0 Å². The molecule has 10 atom stereocenters. The average Bonchev–Trinajstić information content (AvgIpc) is 3.30. The molecular formula is C38H44O12. The molecule has 0 radical (unpaired) electrons. The van der Waals surface area contributed by atoms with Crippen LogP contribution in [0.3, 0.4) is 0 Å². The highest BCUT2D eigenvalue weighted by Crippen LogP contribution is 2.68. The van der Waals surface area contributed by atoms with Crippen molar-refractivity contribution in [3.05, 3.63) is 82.9 Å². The lowest BCUT2D eigenvalue weighted by Gasteiger charge is -2.65. The summed E-state index contributed by atoms with van der Waals surface area (Å²) in [6.07, 6.45) is -8.27. The normalized spacial score (nSPS) is 36.1. The first-order valence-electron chi connectivity index (χ1n) is 16.8. The average molecular weight is 693 g/mol. The number of hydrogen-bond acceptors (Lipinski definition) is 12. The molecule has 1 heterocycles. The Balaban J connectivity index is 1.69. The van der Waals surface area contributed by atoms with Gasteiger partial charge >= 0.3 is 23.9 Å². The Morgan fingerprint density at radius 2 is 1.38 bits per heavy atom. The zero-order valence-electron chi connectivity index (χ0n) is 29.0. The molecule has 268 valence electrons. The number of ether oxygens (including phenoxy) is 5. The number of hydrogen-bond donors (Lipinski definition) is 3. The summed E-state index contributed by atoms with van der Waals surface area (Å²) in [7, 11) is 0. The molecule has 1 unspecified atom stereocenters. The smallest absolute Gasteiger partial charge is 0.338 e. The lowest BCUT2D eigenvalue weighted by molar-refractivity contribution is -0.351. The number of carbonyl (C=O) groups is 4. The third-order valence-corrected chi connectivity index (χ3v) is 11.5. The van der Waals surface area contributed by atoms with Gasteiger partial charge in [0.05, 0.1) is 46.2 Å². The van der Waals surface area contributed by atoms with E-state index in [1.54, 1.807) is 74.5 Å². The third-order valence-electron chi connectivity index (χ3n) is 11.5. The number of fused-ring (bicyclic) bond motifs is 4. The number of esters is 4. The van der Waals surface area contributed by atoms with Gasteiger partial charge in [0.25, 0.3) is 0 Å². The van der Waals surface area contributed by atoms with E-state index in [2.05, 4.69) is 0 Å². The summed E-state index contributed by atoms with van der Waals surface area (Å²) in [6.45, 7) is 8.48. The second kappa shape index (κ2) is 12.6. The van der Waals surface area contributed by atoms with Crippen LogP contribution >= 0.6 is 0 Å². The number of aliphatic hydroxyl groups excluding tert-OH is 2. The van der Waals surface area contributed by atoms with E-state index in [0.717, 1.165) is 0 Å². The largest absolute Gasteiger partial charge is 0.462 e. The van der Waals surface area contributed by atoms with E-state index in [1.807, 2.05) is 0 Å². The molecule has 1 saturated heterocycles. The van der Waals surface area contributed by atoms with Crippen LogP contribution < -0.4 is 0 Å². The van der Waals surface area contributed by atoms with Gasteiger partial charge in [-0.05, 0) is 62.6 Å². The van der Waals surface area contributed by atoms with Crippen molar-refractivity contribution in [3.63, 3.8) is 0 Å². The molecule has 12 heteroatoms. The molecule has 2 aromatic rings. The van der Waals surface area contributed by atoms with Crippen molar-refractivity contribution in [2.75, 3.05) is 6.61 Å². The maximum atomic E-state index is 14.2. The summed E-state index contributed by atoms with van der Waals surface area (Å²) in [5.74, 6) is -4.22. The van der Waals surface area contributed by atoms with E-state index in [4.69, 9.17) is 23.7 Å². The second-order valence-electron chi connectivity index (χ2n) is 14.7. The summed E-state index contributed by atoms with van der Waals surface area (Å²) in [6, 6.07) is 16.3. The molecule has 12 nitrogen and oxygen atoms in total. The van der Waals surface area contributed by atoms with E-state index < -0.39 is 88.5 Å². The van der Waals surface area contributed by atoms with Gasteiger partial charge < -0.3 is 39.0 Å². The topological polar surface area (TPSA) is 175 Å². The summed E-state index contributed by atoms with van der Waals surface area (Å²) in [5.41, 5.74) is -6.11. The van der Waals surface area contributed by atoms with Gasteiger partial charge in [-0.25, -0.2) is 9.59 Å². The molecule has 2 saturated carbocycles. The minimum absolute atomic E-state index is 0.0263. The highest BCUT2D eigenvalue weighted by molar-refractivity contribution is 5.90. The van der Waals surface area contributed by atoms with Gasteiger partial charge in [0, 0.05) is 20.3 Å². The molecule has 2 aromatic carbocycles. The Kier molecular flexibility index (Phi) is 8.99. The third kappa shape index (κ3) is 5.35. The first-order valence-corrected chi connectivity index (χ1v) is 16.8. The molecule has 3 aliphatic carbocycles. The standard InChI is InChI=1S/C38H44O12/c1-20-25(41)18-37(35(4,5)45)28(20)29(42)31(48-33(43)23-13-9-7-10-14-23)36(6)26(47-21(2)39)17-27-38(19-46-27,50-22(3)40)30(36)32(37)49-34(44)24-15-11-8-12-16-24/h7-16,25-27,29-32,41-42,45H,17-19H2,1-6H3/t25-,26-,27+,29+,30?,31-,32-,36+,37-,38-/m0/s1. The van der Waals surface area contributed by atoms with Crippen molar-refractivity contribution in [1.29, 1.82) is 0 Å². The Morgan fingerprint density at radius 1 is 0.840 bits per heavy atom. The van der Waals surface area contributed by atoms with Crippen LogP contribution in [0.25, 0.3) is 0 Å². The molecular weight excluding hydrogens is 648 g/mol. The SMILES string of the molecule is CC(=O)O[C@H]1C[C@H]2OC[C@@]2(OC(C)=O)C2[C@H](OC(=O)c3ccccc3)[C@]3(C(C)(C)O)C[C@H](O)C(C)=C3[C@@H](O)[C@H](OC(=O)c3ccccc3)[C@@]21C. The lowest BCUT2D eigenvalue weighted by Crippen LogP contribution is -2.79. The predicted octanol–water partition coefficient (Wildman–Crippen LogP) is 3.31. The molecule has 3 fully saturated rings. The second-order valence-corrected chi connectivity index (χ2v) is 14.7. The van der Waals surface area contributed by atoms with Gasteiger partial charge in [-0.15, -0.1) is 0 Å². The molecule has 4 aliphatic rings. The van der Waals surface area contributed by atoms with E-state index in [9.17, 15) is 34.5 Å². The van der Waals surface area contributed by atoms with Crippen LogP contribution in [-0.2, 0) is 33.3 Å². The van der Waals surface area contributed by atoms with Gasteiger partial charge in [0.15, 0.2) is 5.60 Å². The minimum Gasteiger partial charge on any atom is -0.462 e. The van der Waals surface area contributed by atoms with Crippen LogP contribution in [0.2, 0.25) is 0 Å².